The molecule has 1 aromatic carbocycles. The molecule has 0 saturated carbocycles. The molecule has 1 heterocycles. The normalized spacial score (nSPS) is 19.2. The zero-order valence-corrected chi connectivity index (χ0v) is 10.8. The lowest BCUT2D eigenvalue weighted by molar-refractivity contribution is -0.128. The molecule has 4 heteroatoms. The van der Waals surface area contributed by atoms with Gasteiger partial charge in [0.2, 0.25) is 0 Å². The Morgan fingerprint density at radius 2 is 2.00 bits per heavy atom. The fraction of sp³-hybridized carbons (Fsp3) is 0.429. The molecule has 0 radical (unpaired) electrons. The van der Waals surface area contributed by atoms with E-state index in [0.717, 1.165) is 17.5 Å². The lowest BCUT2D eigenvalue weighted by Gasteiger charge is -2.14. The summed E-state index contributed by atoms with van der Waals surface area (Å²) >= 11 is 0. The molecule has 2 rings (SSSR count). The predicted octanol–water partition coefficient (Wildman–Crippen LogP) is 2.22. The van der Waals surface area contributed by atoms with Gasteiger partial charge in [0.15, 0.2) is 0 Å². The molecule has 1 aliphatic rings. The third-order valence-corrected chi connectivity index (χ3v) is 3.27. The van der Waals surface area contributed by atoms with Crippen LogP contribution in [-0.4, -0.2) is 22.9 Å². The van der Waals surface area contributed by atoms with Crippen LogP contribution in [0.5, 0.6) is 0 Å². The smallest absolute Gasteiger partial charge is 0.325 e. The second kappa shape index (κ2) is 5.21. The van der Waals surface area contributed by atoms with Gasteiger partial charge in [-0.25, -0.2) is 4.79 Å². The van der Waals surface area contributed by atoms with E-state index < -0.39 is 0 Å². The minimum absolute atomic E-state index is 0.106. The van der Waals surface area contributed by atoms with Crippen molar-refractivity contribution >= 4 is 11.9 Å². The summed E-state index contributed by atoms with van der Waals surface area (Å²) in [6.07, 6.45) is 1.59. The Kier molecular flexibility index (Phi) is 3.65. The lowest BCUT2D eigenvalue weighted by atomic mass is 10.1. The van der Waals surface area contributed by atoms with Gasteiger partial charge in [-0.15, -0.1) is 0 Å². The topological polar surface area (TPSA) is 49.4 Å². The van der Waals surface area contributed by atoms with Crippen LogP contribution in [-0.2, 0) is 11.3 Å². The molecule has 0 bridgehead atoms. The van der Waals surface area contributed by atoms with Crippen LogP contribution in [0.4, 0.5) is 4.79 Å². The molecule has 0 unspecified atom stereocenters. The standard InChI is InChI=1S/C14H18N2O2/c1-3-6-12-13(17)16(14(18)15-12)9-11-8-5-4-7-10(11)2/h4-5,7-8,12H,3,6,9H2,1-2H3,(H,15,18)/t12-/m0/s1. The maximum atomic E-state index is 12.1. The van der Waals surface area contributed by atoms with Gasteiger partial charge in [-0.2, -0.15) is 0 Å². The fourth-order valence-corrected chi connectivity index (χ4v) is 2.17. The SMILES string of the molecule is CCC[C@@H]1NC(=O)N(Cc2ccccc2C)C1=O. The van der Waals surface area contributed by atoms with Crippen molar-refractivity contribution in [3.05, 3.63) is 35.4 Å². The van der Waals surface area contributed by atoms with Crippen LogP contribution in [0.1, 0.15) is 30.9 Å². The fourth-order valence-electron chi connectivity index (χ4n) is 2.17. The Labute approximate surface area is 107 Å². The number of benzene rings is 1. The number of urea groups is 1. The first-order valence-electron chi connectivity index (χ1n) is 6.30. The minimum Gasteiger partial charge on any atom is -0.326 e. The first kappa shape index (κ1) is 12.6. The number of hydrogen-bond donors (Lipinski definition) is 1. The summed E-state index contributed by atoms with van der Waals surface area (Å²) in [5.41, 5.74) is 2.11. The van der Waals surface area contributed by atoms with Gasteiger partial charge < -0.3 is 5.32 Å². The number of rotatable bonds is 4. The number of carbonyl (C=O) groups excluding carboxylic acids is 2. The molecular formula is C14H18N2O2. The van der Waals surface area contributed by atoms with Gasteiger partial charge in [0.25, 0.3) is 5.91 Å². The maximum absolute atomic E-state index is 12.1. The second-order valence-corrected chi connectivity index (χ2v) is 4.64. The molecule has 0 aliphatic carbocycles. The van der Waals surface area contributed by atoms with Crippen molar-refractivity contribution in [3.8, 4) is 0 Å². The molecule has 1 aliphatic heterocycles. The number of hydrogen-bond acceptors (Lipinski definition) is 2. The van der Waals surface area contributed by atoms with E-state index in [0.29, 0.717) is 13.0 Å². The van der Waals surface area contributed by atoms with Crippen molar-refractivity contribution in [1.82, 2.24) is 10.2 Å². The Morgan fingerprint density at radius 1 is 1.28 bits per heavy atom. The molecule has 0 spiro atoms. The Morgan fingerprint density at radius 3 is 2.67 bits per heavy atom. The predicted molar refractivity (Wildman–Crippen MR) is 69.0 cm³/mol. The number of amides is 3. The number of nitrogens with one attached hydrogen (secondary N) is 1. The molecule has 1 aromatic rings. The molecule has 4 nitrogen and oxygen atoms in total. The third-order valence-electron chi connectivity index (χ3n) is 3.27. The Bertz CT molecular complexity index is 471. The van der Waals surface area contributed by atoms with Crippen LogP contribution >= 0.6 is 0 Å². The largest absolute Gasteiger partial charge is 0.326 e. The zero-order chi connectivity index (χ0) is 13.1. The average Bonchev–Trinajstić information content (AvgIpc) is 2.60. The van der Waals surface area contributed by atoms with E-state index in [1.165, 1.54) is 4.90 Å². The summed E-state index contributed by atoms with van der Waals surface area (Å²) < 4.78 is 0. The van der Waals surface area contributed by atoms with E-state index in [1.54, 1.807) is 0 Å². The monoisotopic (exact) mass is 246 g/mol. The first-order chi connectivity index (χ1) is 8.63. The molecule has 1 N–H and O–H groups in total. The highest BCUT2D eigenvalue weighted by molar-refractivity contribution is 6.04. The first-order valence-corrected chi connectivity index (χ1v) is 6.30. The maximum Gasteiger partial charge on any atom is 0.325 e. The van der Waals surface area contributed by atoms with Gasteiger partial charge in [0, 0.05) is 0 Å². The highest BCUT2D eigenvalue weighted by atomic mass is 16.2. The zero-order valence-electron chi connectivity index (χ0n) is 10.8. The summed E-state index contributed by atoms with van der Waals surface area (Å²) in [4.78, 5) is 25.2. The van der Waals surface area contributed by atoms with Crippen LogP contribution < -0.4 is 5.32 Å². The number of nitrogens with zero attached hydrogens (tertiary/aromatic N) is 1. The van der Waals surface area contributed by atoms with E-state index in [9.17, 15) is 9.59 Å². The Balaban J connectivity index is 2.12. The molecule has 3 amide bonds. The second-order valence-electron chi connectivity index (χ2n) is 4.64. The molecule has 18 heavy (non-hydrogen) atoms. The van der Waals surface area contributed by atoms with Crippen molar-refractivity contribution in [1.29, 1.82) is 0 Å². The van der Waals surface area contributed by atoms with Gasteiger partial charge in [0.05, 0.1) is 6.54 Å². The summed E-state index contributed by atoms with van der Waals surface area (Å²) in [6.45, 7) is 4.35. The molecular weight excluding hydrogens is 228 g/mol. The van der Waals surface area contributed by atoms with Crippen LogP contribution in [0.3, 0.4) is 0 Å². The molecule has 1 fully saturated rings. The summed E-state index contributed by atoms with van der Waals surface area (Å²) in [5.74, 6) is -0.106. The van der Waals surface area contributed by atoms with Crippen molar-refractivity contribution in [2.45, 2.75) is 39.3 Å². The van der Waals surface area contributed by atoms with E-state index >= 15 is 0 Å². The third kappa shape index (κ3) is 2.37. The average molecular weight is 246 g/mol. The van der Waals surface area contributed by atoms with Gasteiger partial charge >= 0.3 is 6.03 Å². The van der Waals surface area contributed by atoms with Gasteiger partial charge in [-0.05, 0) is 24.5 Å². The highest BCUT2D eigenvalue weighted by Crippen LogP contribution is 2.16. The van der Waals surface area contributed by atoms with Crippen molar-refractivity contribution < 1.29 is 9.59 Å². The van der Waals surface area contributed by atoms with Crippen LogP contribution in [0.2, 0.25) is 0 Å². The van der Waals surface area contributed by atoms with Crippen molar-refractivity contribution in [2.24, 2.45) is 0 Å². The van der Waals surface area contributed by atoms with Gasteiger partial charge in [0.1, 0.15) is 6.04 Å². The van der Waals surface area contributed by atoms with E-state index in [1.807, 2.05) is 38.1 Å². The van der Waals surface area contributed by atoms with Crippen molar-refractivity contribution in [2.75, 3.05) is 0 Å². The minimum atomic E-state index is -0.341. The molecule has 1 saturated heterocycles. The number of carbonyl (C=O) groups is 2. The van der Waals surface area contributed by atoms with Crippen molar-refractivity contribution in [3.63, 3.8) is 0 Å². The van der Waals surface area contributed by atoms with E-state index in [4.69, 9.17) is 0 Å². The number of aryl methyl sites for hydroxylation is 1. The summed E-state index contributed by atoms with van der Waals surface area (Å²) in [7, 11) is 0. The van der Waals surface area contributed by atoms with Crippen LogP contribution in [0.15, 0.2) is 24.3 Å². The van der Waals surface area contributed by atoms with Crippen LogP contribution in [0.25, 0.3) is 0 Å². The van der Waals surface area contributed by atoms with Crippen LogP contribution in [0, 0.1) is 6.92 Å². The Hall–Kier alpha value is -1.84. The quantitative estimate of drug-likeness (QED) is 0.828. The van der Waals surface area contributed by atoms with Gasteiger partial charge in [-0.1, -0.05) is 37.6 Å². The number of imide groups is 1. The lowest BCUT2D eigenvalue weighted by Crippen LogP contribution is -2.31. The summed E-state index contributed by atoms with van der Waals surface area (Å²) in [6, 6.07) is 7.18. The molecule has 0 aromatic heterocycles. The molecule has 1 atom stereocenters. The summed E-state index contributed by atoms with van der Waals surface area (Å²) in [5, 5.41) is 2.73. The van der Waals surface area contributed by atoms with Gasteiger partial charge in [-0.3, -0.25) is 9.69 Å². The van der Waals surface area contributed by atoms with E-state index in [-0.39, 0.29) is 18.0 Å². The highest BCUT2D eigenvalue weighted by Gasteiger charge is 2.37. The molecule has 96 valence electrons. The van der Waals surface area contributed by atoms with E-state index in [2.05, 4.69) is 5.32 Å².